The SMILES string of the molecule is O=C1CC(c2ccc(F)cc2F)Sc2ccccc2N1. The zero-order valence-electron chi connectivity index (χ0n) is 10.4. The first kappa shape index (κ1) is 13.1. The first-order chi connectivity index (χ1) is 9.63. The summed E-state index contributed by atoms with van der Waals surface area (Å²) in [6.07, 6.45) is 0.155. The van der Waals surface area contributed by atoms with E-state index in [1.165, 1.54) is 23.9 Å². The van der Waals surface area contributed by atoms with E-state index in [9.17, 15) is 13.6 Å². The molecule has 0 saturated carbocycles. The average molecular weight is 291 g/mol. The van der Waals surface area contributed by atoms with Crippen LogP contribution in [0.1, 0.15) is 17.2 Å². The second-order valence-corrected chi connectivity index (χ2v) is 5.77. The number of carbonyl (C=O) groups excluding carboxylic acids is 1. The number of hydrogen-bond donors (Lipinski definition) is 1. The minimum atomic E-state index is -0.616. The maximum Gasteiger partial charge on any atom is 0.225 e. The standard InChI is InChI=1S/C15H11F2NOS/c16-9-5-6-10(11(17)7-9)14-8-15(19)18-12-3-1-2-4-13(12)20-14/h1-7,14H,8H2,(H,18,19). The van der Waals surface area contributed by atoms with Crippen LogP contribution >= 0.6 is 11.8 Å². The van der Waals surface area contributed by atoms with E-state index >= 15 is 0 Å². The maximum atomic E-state index is 13.9. The molecule has 1 aliphatic rings. The normalized spacial score (nSPS) is 18.1. The van der Waals surface area contributed by atoms with Crippen LogP contribution in [0.5, 0.6) is 0 Å². The Bertz CT molecular complexity index is 675. The third-order valence-corrected chi connectivity index (χ3v) is 4.43. The summed E-state index contributed by atoms with van der Waals surface area (Å²) in [6.45, 7) is 0. The lowest BCUT2D eigenvalue weighted by atomic mass is 10.1. The lowest BCUT2D eigenvalue weighted by Gasteiger charge is -2.14. The number of halogens is 2. The molecule has 20 heavy (non-hydrogen) atoms. The largest absolute Gasteiger partial charge is 0.325 e. The van der Waals surface area contributed by atoms with Crippen LogP contribution in [-0.4, -0.2) is 5.91 Å². The lowest BCUT2D eigenvalue weighted by molar-refractivity contribution is -0.116. The Morgan fingerprint density at radius 1 is 1.15 bits per heavy atom. The Hall–Kier alpha value is -1.88. The molecule has 0 fully saturated rings. The molecule has 2 aromatic carbocycles. The van der Waals surface area contributed by atoms with Crippen molar-refractivity contribution >= 4 is 23.4 Å². The van der Waals surface area contributed by atoms with Crippen LogP contribution in [0.15, 0.2) is 47.4 Å². The summed E-state index contributed by atoms with van der Waals surface area (Å²) in [7, 11) is 0. The molecule has 1 amide bonds. The number of hydrogen-bond acceptors (Lipinski definition) is 2. The van der Waals surface area contributed by atoms with Gasteiger partial charge in [-0.2, -0.15) is 0 Å². The van der Waals surface area contributed by atoms with Crippen molar-refractivity contribution < 1.29 is 13.6 Å². The molecule has 1 atom stereocenters. The van der Waals surface area contributed by atoms with Gasteiger partial charge in [0.25, 0.3) is 0 Å². The van der Waals surface area contributed by atoms with Gasteiger partial charge in [-0.05, 0) is 18.2 Å². The summed E-state index contributed by atoms with van der Waals surface area (Å²) < 4.78 is 26.9. The van der Waals surface area contributed by atoms with Gasteiger partial charge in [-0.15, -0.1) is 11.8 Å². The summed E-state index contributed by atoms with van der Waals surface area (Å²) in [5.74, 6) is -1.40. The van der Waals surface area contributed by atoms with Crippen molar-refractivity contribution in [3.8, 4) is 0 Å². The molecule has 0 aliphatic carbocycles. The van der Waals surface area contributed by atoms with Gasteiger partial charge in [0.2, 0.25) is 5.91 Å². The number of anilines is 1. The quantitative estimate of drug-likeness (QED) is 0.855. The Kier molecular flexibility index (Phi) is 3.44. The molecule has 0 aromatic heterocycles. The fourth-order valence-electron chi connectivity index (χ4n) is 2.17. The lowest BCUT2D eigenvalue weighted by Crippen LogP contribution is -2.12. The molecule has 2 aromatic rings. The number of benzene rings is 2. The number of rotatable bonds is 1. The zero-order chi connectivity index (χ0) is 14.1. The van der Waals surface area contributed by atoms with Gasteiger partial charge in [-0.25, -0.2) is 8.78 Å². The third-order valence-electron chi connectivity index (χ3n) is 3.11. The first-order valence-corrected chi connectivity index (χ1v) is 7.02. The topological polar surface area (TPSA) is 29.1 Å². The van der Waals surface area contributed by atoms with E-state index in [1.54, 1.807) is 0 Å². The molecule has 0 spiro atoms. The minimum Gasteiger partial charge on any atom is -0.325 e. The number of fused-ring (bicyclic) bond motifs is 1. The van der Waals surface area contributed by atoms with Crippen LogP contribution in [0, 0.1) is 11.6 Å². The van der Waals surface area contributed by atoms with Crippen molar-refractivity contribution in [2.45, 2.75) is 16.6 Å². The molecule has 1 unspecified atom stereocenters. The van der Waals surface area contributed by atoms with Gasteiger partial charge in [0.1, 0.15) is 11.6 Å². The second kappa shape index (κ2) is 5.25. The molecule has 1 aliphatic heterocycles. The highest BCUT2D eigenvalue weighted by atomic mass is 32.2. The molecule has 102 valence electrons. The molecule has 1 heterocycles. The van der Waals surface area contributed by atoms with Crippen molar-refractivity contribution in [3.63, 3.8) is 0 Å². The van der Waals surface area contributed by atoms with Crippen molar-refractivity contribution in [2.75, 3.05) is 5.32 Å². The summed E-state index contributed by atoms with van der Waals surface area (Å²) >= 11 is 1.41. The summed E-state index contributed by atoms with van der Waals surface area (Å²) in [5.41, 5.74) is 1.08. The van der Waals surface area contributed by atoms with E-state index in [4.69, 9.17) is 0 Å². The Morgan fingerprint density at radius 3 is 2.75 bits per heavy atom. The predicted octanol–water partition coefficient (Wildman–Crippen LogP) is 4.14. The molecule has 3 rings (SSSR count). The van der Waals surface area contributed by atoms with Crippen LogP contribution in [0.2, 0.25) is 0 Å². The number of para-hydroxylation sites is 1. The van der Waals surface area contributed by atoms with Gasteiger partial charge in [0, 0.05) is 28.2 Å². The van der Waals surface area contributed by atoms with Crippen LogP contribution in [0.25, 0.3) is 0 Å². The van der Waals surface area contributed by atoms with Crippen LogP contribution < -0.4 is 5.32 Å². The number of carbonyl (C=O) groups is 1. The first-order valence-electron chi connectivity index (χ1n) is 6.14. The smallest absolute Gasteiger partial charge is 0.225 e. The second-order valence-electron chi connectivity index (χ2n) is 4.52. The molecule has 1 N–H and O–H groups in total. The van der Waals surface area contributed by atoms with Crippen LogP contribution in [0.3, 0.4) is 0 Å². The Labute approximate surface area is 119 Å². The van der Waals surface area contributed by atoms with Gasteiger partial charge in [0.05, 0.1) is 5.69 Å². The molecular weight excluding hydrogens is 280 g/mol. The zero-order valence-corrected chi connectivity index (χ0v) is 11.2. The minimum absolute atomic E-state index is 0.155. The van der Waals surface area contributed by atoms with E-state index in [0.717, 1.165) is 16.6 Å². The highest BCUT2D eigenvalue weighted by molar-refractivity contribution is 7.99. The van der Waals surface area contributed by atoms with Gasteiger partial charge < -0.3 is 5.32 Å². The highest BCUT2D eigenvalue weighted by Crippen LogP contribution is 2.44. The summed E-state index contributed by atoms with van der Waals surface area (Å²) in [6, 6.07) is 10.9. The predicted molar refractivity (Wildman–Crippen MR) is 74.6 cm³/mol. The molecular formula is C15H11F2NOS. The molecule has 0 radical (unpaired) electrons. The van der Waals surface area contributed by atoms with Crippen LogP contribution in [0.4, 0.5) is 14.5 Å². The molecule has 0 saturated heterocycles. The number of nitrogens with one attached hydrogen (secondary N) is 1. The van der Waals surface area contributed by atoms with E-state index in [1.807, 2.05) is 24.3 Å². The highest BCUT2D eigenvalue weighted by Gasteiger charge is 2.25. The van der Waals surface area contributed by atoms with Gasteiger partial charge in [0.15, 0.2) is 0 Å². The monoisotopic (exact) mass is 291 g/mol. The van der Waals surface area contributed by atoms with E-state index in [0.29, 0.717) is 5.56 Å². The number of thioether (sulfide) groups is 1. The molecule has 0 bridgehead atoms. The van der Waals surface area contributed by atoms with Gasteiger partial charge in [-0.1, -0.05) is 18.2 Å². The molecule has 2 nitrogen and oxygen atoms in total. The van der Waals surface area contributed by atoms with Gasteiger partial charge in [-0.3, -0.25) is 4.79 Å². The van der Waals surface area contributed by atoms with E-state index < -0.39 is 11.6 Å². The van der Waals surface area contributed by atoms with Crippen LogP contribution in [-0.2, 0) is 4.79 Å². The fraction of sp³-hybridized carbons (Fsp3) is 0.133. The van der Waals surface area contributed by atoms with Crippen molar-refractivity contribution in [3.05, 3.63) is 59.7 Å². The number of amides is 1. The third kappa shape index (κ3) is 2.54. The Balaban J connectivity index is 2.00. The molecule has 5 heteroatoms. The summed E-state index contributed by atoms with van der Waals surface area (Å²) in [5, 5.41) is 2.43. The fourth-order valence-corrected chi connectivity index (χ4v) is 3.44. The average Bonchev–Trinajstić information content (AvgIpc) is 2.56. The van der Waals surface area contributed by atoms with Crippen molar-refractivity contribution in [1.29, 1.82) is 0 Å². The van der Waals surface area contributed by atoms with Crippen molar-refractivity contribution in [1.82, 2.24) is 0 Å². The van der Waals surface area contributed by atoms with E-state index in [-0.39, 0.29) is 17.6 Å². The van der Waals surface area contributed by atoms with Gasteiger partial charge >= 0.3 is 0 Å². The summed E-state index contributed by atoms with van der Waals surface area (Å²) in [4.78, 5) is 12.8. The van der Waals surface area contributed by atoms with Crippen molar-refractivity contribution in [2.24, 2.45) is 0 Å². The van der Waals surface area contributed by atoms with E-state index in [2.05, 4.69) is 5.32 Å². The maximum absolute atomic E-state index is 13.9. The Morgan fingerprint density at radius 2 is 1.95 bits per heavy atom.